The number of unbranched alkanes of at least 4 members (excludes halogenated alkanes) is 1. The molecule has 2 aliphatic heterocycles. The Morgan fingerprint density at radius 3 is 1.88 bits per heavy atom. The molecule has 2 fully saturated rings. The number of aromatic amines is 1. The van der Waals surface area contributed by atoms with Gasteiger partial charge >= 0.3 is 5.97 Å². The maximum Gasteiger partial charge on any atom is 0.317 e. The van der Waals surface area contributed by atoms with Gasteiger partial charge < -0.3 is 67.0 Å². The smallest absolute Gasteiger partial charge is 0.317 e. The minimum Gasteiger partial charge on any atom is -0.508 e. The number of aromatic nitrogens is 1. The standard InChI is InChI=1S/C69H96N10O18S2/c1-45(83)51(38-80)32-63(88)60-40-99-98-39-52(33-62(87)58(28-47-10-4-3-5-11-47)72-65(90)36-76-20-21-77(37-66(91)92)23-25-79(42-97-44-82)27-26-78(24-22-76)41-96-43-81)68(94)74-59(29-48-15-17-53(85)18-16-48)61(86)31-49(30-50-35-71-56-13-7-6-12-54(50)56)67(93)73-57(14-8-9-19-70)64(89)34-55(46(2)84)69(95)75-60/h3-7,10-13,15-18,35,43-46,49,51-52,55,57-60,71,80,83-85H,8-9,14,19-34,36-42,70H2,1-2H3,(H,72,90)(H,73,93)(H,74,94)(H,75,95)(H,91,92)/t45-,46-,49+,51-,52+,55+,57+,58-,59+,60+/m1/s1. The van der Waals surface area contributed by atoms with E-state index >= 15 is 19.2 Å². The molecule has 1 aromatic heterocycles. The molecule has 0 saturated carbocycles. The fourth-order valence-electron chi connectivity index (χ4n) is 11.8. The summed E-state index contributed by atoms with van der Waals surface area (Å²) in [4.78, 5) is 164. The Morgan fingerprint density at radius 1 is 0.687 bits per heavy atom. The topological polar surface area (TPSA) is 410 Å². The van der Waals surface area contributed by atoms with Crippen molar-refractivity contribution in [3.05, 3.63) is 102 Å². The largest absolute Gasteiger partial charge is 0.508 e. The number of aliphatic hydroxyl groups excluding tert-OH is 3. The van der Waals surface area contributed by atoms with Gasteiger partial charge in [0.1, 0.15) is 19.2 Å². The SMILES string of the molecule is C[C@@H](O)[C@@H](CO)CC(=O)[C@@H]1CSSC[C@H](CC(=O)[C@@H](Cc2ccccc2)NC(=O)CN2CCN(COC=O)CCN(COC=O)CCN(CC(=O)O)CC2)C(=O)N[C@@H](Cc2ccc(O)cc2)C(=O)C[C@H](Cc2c[nH]c3ccccc23)C(=O)N[C@@H](CCCCN)C(=O)C[C@@H]([C@@H](C)O)C(=O)N1. The first-order valence-electron chi connectivity index (χ1n) is 33.4. The Kier molecular flexibility index (Phi) is 34.4. The average molecular weight is 1420 g/mol. The van der Waals surface area contributed by atoms with Crippen LogP contribution in [0.3, 0.4) is 0 Å². The van der Waals surface area contributed by atoms with Crippen LogP contribution in [0.25, 0.3) is 10.9 Å². The van der Waals surface area contributed by atoms with Crippen molar-refractivity contribution in [2.75, 3.05) is 104 Å². The number of nitrogens with two attached hydrogens (primary N) is 1. The summed E-state index contributed by atoms with van der Waals surface area (Å²) in [6.45, 7) is 4.12. The molecule has 4 amide bonds. The van der Waals surface area contributed by atoms with Crippen LogP contribution in [-0.4, -0.2) is 256 Å². The minimum atomic E-state index is -1.47. The van der Waals surface area contributed by atoms with E-state index in [9.17, 15) is 59.1 Å². The van der Waals surface area contributed by atoms with E-state index in [4.69, 9.17) is 15.2 Å². The van der Waals surface area contributed by atoms with E-state index in [-0.39, 0.29) is 109 Å². The lowest BCUT2D eigenvalue weighted by molar-refractivity contribution is -0.139. The monoisotopic (exact) mass is 1420 g/mol. The van der Waals surface area contributed by atoms with E-state index in [1.54, 1.807) is 58.5 Å². The number of carbonyl (C=O) groups excluding carboxylic acids is 10. The molecule has 0 spiro atoms. The summed E-state index contributed by atoms with van der Waals surface area (Å²) in [5.41, 5.74) is 8.42. The van der Waals surface area contributed by atoms with Crippen molar-refractivity contribution in [1.29, 1.82) is 0 Å². The van der Waals surface area contributed by atoms with Gasteiger partial charge in [0.2, 0.25) is 23.6 Å². The first kappa shape index (κ1) is 80.3. The van der Waals surface area contributed by atoms with Crippen molar-refractivity contribution in [3.8, 4) is 5.75 Å². The third-order valence-electron chi connectivity index (χ3n) is 17.8. The lowest BCUT2D eigenvalue weighted by Gasteiger charge is -2.33. The summed E-state index contributed by atoms with van der Waals surface area (Å²) >= 11 is 0. The first-order chi connectivity index (χ1) is 47.6. The maximum atomic E-state index is 15.4. The molecule has 2 saturated heterocycles. The highest BCUT2D eigenvalue weighted by Gasteiger charge is 2.38. The number of ether oxygens (including phenoxy) is 2. The van der Waals surface area contributed by atoms with Crippen LogP contribution in [0.1, 0.15) is 75.5 Å². The van der Waals surface area contributed by atoms with Gasteiger partial charge in [-0.3, -0.25) is 72.3 Å². The molecular weight excluding hydrogens is 1320 g/mol. The summed E-state index contributed by atoms with van der Waals surface area (Å²) < 4.78 is 10.1. The van der Waals surface area contributed by atoms with E-state index in [1.807, 2.05) is 34.1 Å². The van der Waals surface area contributed by atoms with Crippen LogP contribution in [0.15, 0.2) is 85.1 Å². The van der Waals surface area contributed by atoms with Gasteiger partial charge in [-0.25, -0.2) is 0 Å². The van der Waals surface area contributed by atoms with Crippen LogP contribution in [-0.2, 0) is 81.5 Å². The van der Waals surface area contributed by atoms with E-state index in [2.05, 4.69) is 26.3 Å². The minimum absolute atomic E-state index is 0.0416. The molecule has 4 aromatic rings. The van der Waals surface area contributed by atoms with Gasteiger partial charge in [0.25, 0.3) is 12.9 Å². The van der Waals surface area contributed by atoms with Crippen molar-refractivity contribution in [2.45, 2.75) is 114 Å². The molecule has 0 aliphatic carbocycles. The quantitative estimate of drug-likeness (QED) is 0.0197. The number of hydrogen-bond donors (Lipinski definition) is 11. The summed E-state index contributed by atoms with van der Waals surface area (Å²) in [5.74, 6) is -11.9. The lowest BCUT2D eigenvalue weighted by atomic mass is 9.87. The van der Waals surface area contributed by atoms with Gasteiger partial charge in [0, 0.05) is 125 Å². The zero-order valence-corrected chi connectivity index (χ0v) is 57.8. The number of Topliss-reactive ketones (excluding diaryl/α,β-unsaturated/α-hetero) is 4. The van der Waals surface area contributed by atoms with Crippen LogP contribution in [0.4, 0.5) is 0 Å². The van der Waals surface area contributed by atoms with Crippen molar-refractivity contribution < 1.29 is 87.7 Å². The van der Waals surface area contributed by atoms with Crippen LogP contribution in [0.5, 0.6) is 5.75 Å². The number of rotatable bonds is 30. The van der Waals surface area contributed by atoms with E-state index in [0.717, 1.165) is 32.5 Å². The molecule has 542 valence electrons. The zero-order valence-electron chi connectivity index (χ0n) is 56.1. The molecule has 6 rings (SSSR count). The Hall–Kier alpha value is -7.65. The zero-order chi connectivity index (χ0) is 71.8. The molecule has 3 heterocycles. The second kappa shape index (κ2) is 42.5. The van der Waals surface area contributed by atoms with Crippen LogP contribution < -0.4 is 27.0 Å². The molecule has 10 atom stereocenters. The highest BCUT2D eigenvalue weighted by atomic mass is 33.1. The second-order valence-corrected chi connectivity index (χ2v) is 27.9. The number of benzene rings is 3. The van der Waals surface area contributed by atoms with Crippen molar-refractivity contribution in [1.82, 2.24) is 45.9 Å². The summed E-state index contributed by atoms with van der Waals surface area (Å²) in [6, 6.07) is 16.8. The number of hydrogen-bond acceptors (Lipinski definition) is 24. The Balaban J connectivity index is 1.40. The normalized spacial score (nSPS) is 22.2. The molecule has 3 aromatic carbocycles. The molecule has 28 nitrogen and oxygen atoms in total. The number of carbonyl (C=O) groups is 11. The number of H-pyrrole nitrogens is 1. The number of aromatic hydroxyl groups is 1. The number of phenols is 1. The van der Waals surface area contributed by atoms with Crippen LogP contribution in [0.2, 0.25) is 0 Å². The van der Waals surface area contributed by atoms with Gasteiger partial charge in [0.05, 0.1) is 61.3 Å². The van der Waals surface area contributed by atoms with Crippen LogP contribution >= 0.6 is 21.6 Å². The highest BCUT2D eigenvalue weighted by molar-refractivity contribution is 8.76. The first-order valence-corrected chi connectivity index (χ1v) is 35.9. The van der Waals surface area contributed by atoms with E-state index < -0.39 is 145 Å². The maximum absolute atomic E-state index is 15.4. The summed E-state index contributed by atoms with van der Waals surface area (Å²) in [7, 11) is 2.07. The molecule has 0 unspecified atom stereocenters. The van der Waals surface area contributed by atoms with Gasteiger partial charge in [-0.1, -0.05) is 82.3 Å². The van der Waals surface area contributed by atoms with Gasteiger partial charge in [-0.15, -0.1) is 0 Å². The van der Waals surface area contributed by atoms with Crippen molar-refractivity contribution in [2.24, 2.45) is 29.4 Å². The van der Waals surface area contributed by atoms with Gasteiger partial charge in [0.15, 0.2) is 23.1 Å². The molecule has 2 aliphatic rings. The van der Waals surface area contributed by atoms with Gasteiger partial charge in [-0.05, 0) is 93.8 Å². The number of phenolic OH excluding ortho intramolecular Hbond substituents is 1. The Morgan fingerprint density at radius 2 is 1.27 bits per heavy atom. The number of amides is 4. The van der Waals surface area contributed by atoms with E-state index in [0.29, 0.717) is 62.1 Å². The van der Waals surface area contributed by atoms with E-state index in [1.165, 1.54) is 26.0 Å². The molecule has 30 heteroatoms. The number of carboxylic acids is 1. The second-order valence-electron chi connectivity index (χ2n) is 25.4. The third kappa shape index (κ3) is 27.4. The highest BCUT2D eigenvalue weighted by Crippen LogP contribution is 2.30. The summed E-state index contributed by atoms with van der Waals surface area (Å²) in [5, 5.41) is 64.3. The fourth-order valence-corrected chi connectivity index (χ4v) is 14.4. The molecule has 99 heavy (non-hydrogen) atoms. The fraction of sp³-hybridized carbons (Fsp3) is 0.551. The number of para-hydroxylation sites is 1. The number of nitrogens with one attached hydrogen (secondary N) is 5. The van der Waals surface area contributed by atoms with Crippen LogP contribution in [0, 0.1) is 23.7 Å². The molecule has 12 N–H and O–H groups in total. The number of carboxylic acid groups (broad SMARTS) is 1. The average Bonchev–Trinajstić information content (AvgIpc) is 1.59. The predicted octanol–water partition coefficient (Wildman–Crippen LogP) is 0.987. The third-order valence-corrected chi connectivity index (χ3v) is 20.3. The Labute approximate surface area is 584 Å². The number of nitrogens with zero attached hydrogens (tertiary/aromatic N) is 4. The lowest BCUT2D eigenvalue weighted by Crippen LogP contribution is -2.51. The number of fused-ring (bicyclic) bond motifs is 1. The predicted molar refractivity (Wildman–Crippen MR) is 370 cm³/mol. The molecule has 0 radical (unpaired) electrons. The van der Waals surface area contributed by atoms with Crippen molar-refractivity contribution >= 4 is 98.2 Å². The summed E-state index contributed by atoms with van der Waals surface area (Å²) in [6.07, 6.45) is -2.32. The van der Waals surface area contributed by atoms with Gasteiger partial charge in [-0.2, -0.15) is 0 Å². The number of ketones is 4. The van der Waals surface area contributed by atoms with Crippen molar-refractivity contribution in [3.63, 3.8) is 0 Å². The molecular formula is C69H96N10O18S2. The number of aliphatic carboxylic acids is 1. The Bertz CT molecular complexity index is 3270. The number of aliphatic hydroxyl groups is 3. The molecule has 0 bridgehead atoms.